The molecule has 0 aliphatic rings. The van der Waals surface area contributed by atoms with Crippen LogP contribution in [0, 0.1) is 6.92 Å². The minimum atomic E-state index is -4.69. The molecule has 0 radical (unpaired) electrons. The van der Waals surface area contributed by atoms with Gasteiger partial charge in [0, 0.05) is 12.5 Å². The van der Waals surface area contributed by atoms with E-state index in [9.17, 15) is 13.2 Å². The van der Waals surface area contributed by atoms with Crippen molar-refractivity contribution >= 4 is 15.9 Å². The quantitative estimate of drug-likeness (QED) is 0.826. The molecule has 0 amide bonds. The second-order valence-electron chi connectivity index (χ2n) is 3.43. The topological polar surface area (TPSA) is 35.3 Å². The van der Waals surface area contributed by atoms with E-state index in [2.05, 4.69) is 25.7 Å². The van der Waals surface area contributed by atoms with Gasteiger partial charge in [-0.2, -0.15) is 0 Å². The Labute approximate surface area is 109 Å². The molecule has 1 heterocycles. The molecule has 0 N–H and O–H groups in total. The molecule has 2 rings (SSSR count). The Kier molecular flexibility index (Phi) is 3.34. The predicted molar refractivity (Wildman–Crippen MR) is 61.1 cm³/mol. The Balaban J connectivity index is 2.25. The Morgan fingerprint density at radius 3 is 2.28 bits per heavy atom. The second kappa shape index (κ2) is 4.64. The maximum absolute atomic E-state index is 12.0. The Bertz CT molecular complexity index is 548. The van der Waals surface area contributed by atoms with E-state index in [1.807, 2.05) is 0 Å². The lowest BCUT2D eigenvalue weighted by Gasteiger charge is -2.08. The fraction of sp³-hybridized carbons (Fsp3) is 0.182. The third-order valence-corrected chi connectivity index (χ3v) is 2.59. The fourth-order valence-electron chi connectivity index (χ4n) is 1.39. The first kappa shape index (κ1) is 12.9. The standard InChI is InChI=1S/C11H7BrF3NO2/c1-6-16-9(10(12)17-6)7-2-4-8(5-3-7)18-11(13,14)15/h2-5H,1H3. The van der Waals surface area contributed by atoms with Gasteiger partial charge in [0.1, 0.15) is 11.4 Å². The number of aryl methyl sites for hydroxylation is 1. The van der Waals surface area contributed by atoms with Crippen LogP contribution in [0.25, 0.3) is 11.3 Å². The summed E-state index contributed by atoms with van der Waals surface area (Å²) < 4.78 is 45.3. The summed E-state index contributed by atoms with van der Waals surface area (Å²) in [6.45, 7) is 1.68. The number of rotatable bonds is 2. The van der Waals surface area contributed by atoms with Crippen LogP contribution in [-0.4, -0.2) is 11.3 Å². The van der Waals surface area contributed by atoms with Gasteiger partial charge in [0.2, 0.25) is 0 Å². The molecule has 1 aromatic carbocycles. The molecule has 0 bridgehead atoms. The number of nitrogens with zero attached hydrogens (tertiary/aromatic N) is 1. The molecular formula is C11H7BrF3NO2. The molecule has 0 aliphatic carbocycles. The van der Waals surface area contributed by atoms with Crippen molar-refractivity contribution < 1.29 is 22.3 Å². The van der Waals surface area contributed by atoms with Crippen molar-refractivity contribution in [3.63, 3.8) is 0 Å². The summed E-state index contributed by atoms with van der Waals surface area (Å²) in [6, 6.07) is 5.39. The molecule has 18 heavy (non-hydrogen) atoms. The summed E-state index contributed by atoms with van der Waals surface area (Å²) in [6.07, 6.45) is -4.69. The minimum Gasteiger partial charge on any atom is -0.434 e. The van der Waals surface area contributed by atoms with Crippen molar-refractivity contribution in [3.05, 3.63) is 34.8 Å². The van der Waals surface area contributed by atoms with Gasteiger partial charge in [0.05, 0.1) is 0 Å². The highest BCUT2D eigenvalue weighted by atomic mass is 79.9. The van der Waals surface area contributed by atoms with E-state index in [-0.39, 0.29) is 5.75 Å². The Morgan fingerprint density at radius 1 is 1.22 bits per heavy atom. The molecule has 1 aromatic heterocycles. The van der Waals surface area contributed by atoms with Crippen LogP contribution in [-0.2, 0) is 0 Å². The summed E-state index contributed by atoms with van der Waals surface area (Å²) >= 11 is 3.18. The number of oxazole rings is 1. The highest BCUT2D eigenvalue weighted by Crippen LogP contribution is 2.30. The Hall–Kier alpha value is -1.50. The molecule has 0 unspecified atom stereocenters. The lowest BCUT2D eigenvalue weighted by Crippen LogP contribution is -2.16. The average molecular weight is 322 g/mol. The van der Waals surface area contributed by atoms with E-state index in [1.54, 1.807) is 6.92 Å². The van der Waals surface area contributed by atoms with Crippen molar-refractivity contribution in [2.75, 3.05) is 0 Å². The first-order valence-electron chi connectivity index (χ1n) is 4.84. The van der Waals surface area contributed by atoms with Crippen molar-refractivity contribution in [2.24, 2.45) is 0 Å². The van der Waals surface area contributed by atoms with Gasteiger partial charge in [-0.15, -0.1) is 13.2 Å². The second-order valence-corrected chi connectivity index (χ2v) is 4.15. The highest BCUT2D eigenvalue weighted by Gasteiger charge is 2.31. The summed E-state index contributed by atoms with van der Waals surface area (Å²) in [5.74, 6) is 0.190. The zero-order chi connectivity index (χ0) is 13.3. The van der Waals surface area contributed by atoms with Gasteiger partial charge in [0.15, 0.2) is 10.6 Å². The van der Waals surface area contributed by atoms with Gasteiger partial charge in [-0.05, 0) is 40.2 Å². The lowest BCUT2D eigenvalue weighted by atomic mass is 10.2. The van der Waals surface area contributed by atoms with Gasteiger partial charge in [-0.1, -0.05) is 0 Å². The molecular weight excluding hydrogens is 315 g/mol. The van der Waals surface area contributed by atoms with Crippen molar-refractivity contribution in [1.82, 2.24) is 4.98 Å². The third-order valence-electron chi connectivity index (χ3n) is 2.05. The molecule has 0 atom stereocenters. The van der Waals surface area contributed by atoms with Crippen molar-refractivity contribution in [2.45, 2.75) is 13.3 Å². The number of hydrogen-bond acceptors (Lipinski definition) is 3. The molecule has 0 saturated heterocycles. The maximum Gasteiger partial charge on any atom is 0.573 e. The van der Waals surface area contributed by atoms with Crippen molar-refractivity contribution in [3.8, 4) is 17.0 Å². The monoisotopic (exact) mass is 321 g/mol. The van der Waals surface area contributed by atoms with Crippen LogP contribution in [0.2, 0.25) is 0 Å². The minimum absolute atomic E-state index is 0.275. The smallest absolute Gasteiger partial charge is 0.434 e. The summed E-state index contributed by atoms with van der Waals surface area (Å²) in [5, 5.41) is 0. The molecule has 0 aliphatic heterocycles. The molecule has 3 nitrogen and oxygen atoms in total. The molecule has 0 fully saturated rings. The van der Waals surface area contributed by atoms with Crippen LogP contribution in [0.5, 0.6) is 5.75 Å². The molecule has 7 heteroatoms. The van der Waals surface area contributed by atoms with Crippen LogP contribution in [0.3, 0.4) is 0 Å². The van der Waals surface area contributed by atoms with Crippen LogP contribution in [0.1, 0.15) is 5.89 Å². The number of halogens is 4. The molecule has 2 aromatic rings. The zero-order valence-electron chi connectivity index (χ0n) is 9.08. The lowest BCUT2D eigenvalue weighted by molar-refractivity contribution is -0.274. The SMILES string of the molecule is Cc1nc(-c2ccc(OC(F)(F)F)cc2)c(Br)o1. The highest BCUT2D eigenvalue weighted by molar-refractivity contribution is 9.10. The Morgan fingerprint density at radius 2 is 1.83 bits per heavy atom. The van der Waals surface area contributed by atoms with E-state index in [1.165, 1.54) is 24.3 Å². The number of alkyl halides is 3. The predicted octanol–water partition coefficient (Wildman–Crippen LogP) is 4.31. The summed E-state index contributed by atoms with van der Waals surface area (Å²) in [7, 11) is 0. The molecule has 0 spiro atoms. The van der Waals surface area contributed by atoms with Crippen LogP contribution in [0.4, 0.5) is 13.2 Å². The van der Waals surface area contributed by atoms with E-state index < -0.39 is 6.36 Å². The normalized spacial score (nSPS) is 11.6. The van der Waals surface area contributed by atoms with E-state index in [0.29, 0.717) is 21.8 Å². The van der Waals surface area contributed by atoms with Crippen LogP contribution < -0.4 is 4.74 Å². The van der Waals surface area contributed by atoms with Crippen molar-refractivity contribution in [1.29, 1.82) is 0 Å². The number of benzene rings is 1. The fourth-order valence-corrected chi connectivity index (χ4v) is 1.95. The van der Waals surface area contributed by atoms with Crippen LogP contribution in [0.15, 0.2) is 33.4 Å². The number of aromatic nitrogens is 1. The third kappa shape index (κ3) is 3.04. The number of ether oxygens (including phenoxy) is 1. The van der Waals surface area contributed by atoms with E-state index in [0.717, 1.165) is 0 Å². The largest absolute Gasteiger partial charge is 0.573 e. The van der Waals surface area contributed by atoms with Gasteiger partial charge < -0.3 is 9.15 Å². The molecule has 0 saturated carbocycles. The van der Waals surface area contributed by atoms with Gasteiger partial charge in [-0.25, -0.2) is 4.98 Å². The number of hydrogen-bond donors (Lipinski definition) is 0. The first-order chi connectivity index (χ1) is 8.35. The maximum atomic E-state index is 12.0. The van der Waals surface area contributed by atoms with Gasteiger partial charge in [-0.3, -0.25) is 0 Å². The molecule has 96 valence electrons. The summed E-state index contributed by atoms with van der Waals surface area (Å²) in [4.78, 5) is 4.11. The zero-order valence-corrected chi connectivity index (χ0v) is 10.7. The summed E-state index contributed by atoms with van der Waals surface area (Å²) in [5.41, 5.74) is 1.17. The van der Waals surface area contributed by atoms with Gasteiger partial charge in [0.25, 0.3) is 0 Å². The average Bonchev–Trinajstić information content (AvgIpc) is 2.57. The first-order valence-corrected chi connectivity index (χ1v) is 5.63. The van der Waals surface area contributed by atoms with Gasteiger partial charge >= 0.3 is 6.36 Å². The van der Waals surface area contributed by atoms with Crippen LogP contribution >= 0.6 is 15.9 Å². The van der Waals surface area contributed by atoms with E-state index >= 15 is 0 Å². The van der Waals surface area contributed by atoms with E-state index in [4.69, 9.17) is 4.42 Å².